The summed E-state index contributed by atoms with van der Waals surface area (Å²) in [7, 11) is 0. The molecule has 1 N–H and O–H groups in total. The molecule has 7 nitrogen and oxygen atoms in total. The summed E-state index contributed by atoms with van der Waals surface area (Å²) >= 11 is 0. The molecule has 0 unspecified atom stereocenters. The van der Waals surface area contributed by atoms with Crippen LogP contribution in [0.25, 0.3) is 5.69 Å². The van der Waals surface area contributed by atoms with E-state index < -0.39 is 0 Å². The van der Waals surface area contributed by atoms with Crippen molar-refractivity contribution in [2.45, 2.75) is 26.4 Å². The summed E-state index contributed by atoms with van der Waals surface area (Å²) in [5, 5.41) is 11.3. The second-order valence-electron chi connectivity index (χ2n) is 5.43. The van der Waals surface area contributed by atoms with Crippen molar-refractivity contribution in [3.63, 3.8) is 0 Å². The third-order valence-electron chi connectivity index (χ3n) is 3.47. The third kappa shape index (κ3) is 3.28. The van der Waals surface area contributed by atoms with Crippen LogP contribution in [-0.2, 0) is 6.54 Å². The van der Waals surface area contributed by atoms with Crippen LogP contribution in [0.5, 0.6) is 0 Å². The molecule has 7 heteroatoms. The molecule has 0 fully saturated rings. The topological polar surface area (TPSA) is 77.6 Å². The molecule has 1 aromatic carbocycles. The molecule has 0 saturated carbocycles. The minimum atomic E-state index is -0.196. The fraction of sp³-hybridized carbons (Fsp3) is 0.250. The zero-order valence-corrected chi connectivity index (χ0v) is 13.0. The van der Waals surface area contributed by atoms with Crippen molar-refractivity contribution < 1.29 is 4.79 Å². The number of aromatic nitrogens is 5. The Balaban J connectivity index is 1.72. The van der Waals surface area contributed by atoms with E-state index in [-0.39, 0.29) is 11.9 Å². The normalized spacial score (nSPS) is 10.9. The highest BCUT2D eigenvalue weighted by Crippen LogP contribution is 2.13. The van der Waals surface area contributed by atoms with E-state index >= 15 is 0 Å². The van der Waals surface area contributed by atoms with Gasteiger partial charge < -0.3 is 5.32 Å². The molecule has 0 radical (unpaired) electrons. The summed E-state index contributed by atoms with van der Waals surface area (Å²) in [5.74, 6) is -0.196. The number of hydrogen-bond donors (Lipinski definition) is 1. The van der Waals surface area contributed by atoms with Crippen molar-refractivity contribution >= 4 is 5.91 Å². The minimum absolute atomic E-state index is 0.196. The molecule has 3 rings (SSSR count). The predicted octanol–water partition coefficient (Wildman–Crippen LogP) is 1.97. The first kappa shape index (κ1) is 15.0. The predicted molar refractivity (Wildman–Crippen MR) is 85.1 cm³/mol. The van der Waals surface area contributed by atoms with Gasteiger partial charge in [-0.1, -0.05) is 18.2 Å². The molecule has 0 aliphatic carbocycles. The Morgan fingerprint density at radius 1 is 1.26 bits per heavy atom. The van der Waals surface area contributed by atoms with Crippen LogP contribution in [0.15, 0.2) is 49.2 Å². The molecule has 0 saturated heterocycles. The second kappa shape index (κ2) is 6.43. The van der Waals surface area contributed by atoms with E-state index in [0.717, 1.165) is 11.3 Å². The van der Waals surface area contributed by atoms with Gasteiger partial charge in [-0.25, -0.2) is 9.67 Å². The lowest BCUT2D eigenvalue weighted by atomic mass is 10.1. The van der Waals surface area contributed by atoms with Gasteiger partial charge in [0.1, 0.15) is 18.3 Å². The lowest BCUT2D eigenvalue weighted by molar-refractivity contribution is 0.0945. The lowest BCUT2D eigenvalue weighted by Crippen LogP contribution is -2.24. The molecular formula is C16H18N6O. The second-order valence-corrected chi connectivity index (χ2v) is 5.43. The smallest absolute Gasteiger partial charge is 0.272 e. The Morgan fingerprint density at radius 3 is 2.78 bits per heavy atom. The molecule has 0 atom stereocenters. The highest BCUT2D eigenvalue weighted by Gasteiger charge is 2.12. The van der Waals surface area contributed by atoms with Crippen LogP contribution in [0, 0.1) is 0 Å². The van der Waals surface area contributed by atoms with Crippen molar-refractivity contribution in [2.75, 3.05) is 0 Å². The number of hydrogen-bond acceptors (Lipinski definition) is 4. The van der Waals surface area contributed by atoms with Crippen LogP contribution < -0.4 is 5.32 Å². The van der Waals surface area contributed by atoms with E-state index in [1.165, 1.54) is 6.33 Å². The van der Waals surface area contributed by atoms with Gasteiger partial charge in [0.15, 0.2) is 0 Å². The van der Waals surface area contributed by atoms with Crippen molar-refractivity contribution in [1.29, 1.82) is 0 Å². The van der Waals surface area contributed by atoms with Crippen molar-refractivity contribution in [3.8, 4) is 5.69 Å². The molecule has 0 aliphatic heterocycles. The molecular weight excluding hydrogens is 292 g/mol. The Bertz CT molecular complexity index is 791. The van der Waals surface area contributed by atoms with E-state index in [1.54, 1.807) is 21.8 Å². The summed E-state index contributed by atoms with van der Waals surface area (Å²) in [6, 6.07) is 9.68. The summed E-state index contributed by atoms with van der Waals surface area (Å²) in [4.78, 5) is 16.2. The molecule has 0 aliphatic rings. The number of benzene rings is 1. The quantitative estimate of drug-likeness (QED) is 0.781. The van der Waals surface area contributed by atoms with E-state index in [1.807, 2.05) is 44.3 Å². The van der Waals surface area contributed by atoms with Crippen molar-refractivity contribution in [1.82, 2.24) is 29.9 Å². The first-order valence-corrected chi connectivity index (χ1v) is 7.41. The molecule has 23 heavy (non-hydrogen) atoms. The van der Waals surface area contributed by atoms with Crippen LogP contribution >= 0.6 is 0 Å². The highest BCUT2D eigenvalue weighted by molar-refractivity contribution is 5.92. The Morgan fingerprint density at radius 2 is 2.09 bits per heavy atom. The lowest BCUT2D eigenvalue weighted by Gasteiger charge is -2.09. The van der Waals surface area contributed by atoms with Crippen LogP contribution in [0.4, 0.5) is 0 Å². The van der Waals surface area contributed by atoms with Gasteiger partial charge in [0.05, 0.1) is 5.69 Å². The largest absolute Gasteiger partial charge is 0.346 e. The Kier molecular flexibility index (Phi) is 4.18. The number of para-hydroxylation sites is 1. The van der Waals surface area contributed by atoms with Gasteiger partial charge in [-0.15, -0.1) is 0 Å². The van der Waals surface area contributed by atoms with Crippen molar-refractivity contribution in [3.05, 3.63) is 60.4 Å². The summed E-state index contributed by atoms with van der Waals surface area (Å²) in [5.41, 5.74) is 2.25. The van der Waals surface area contributed by atoms with Gasteiger partial charge in [-0.3, -0.25) is 9.48 Å². The van der Waals surface area contributed by atoms with Crippen LogP contribution in [0.3, 0.4) is 0 Å². The average molecular weight is 310 g/mol. The van der Waals surface area contributed by atoms with E-state index in [2.05, 4.69) is 20.5 Å². The Labute approximate surface area is 134 Å². The zero-order chi connectivity index (χ0) is 16.2. The Hall–Kier alpha value is -2.96. The van der Waals surface area contributed by atoms with Crippen molar-refractivity contribution in [2.24, 2.45) is 0 Å². The fourth-order valence-corrected chi connectivity index (χ4v) is 2.23. The molecule has 0 spiro atoms. The first-order valence-electron chi connectivity index (χ1n) is 7.41. The number of rotatable bonds is 5. The average Bonchev–Trinajstić information content (AvgIpc) is 3.24. The van der Waals surface area contributed by atoms with Gasteiger partial charge in [0.2, 0.25) is 0 Å². The summed E-state index contributed by atoms with van der Waals surface area (Å²) in [6.45, 7) is 4.43. The molecule has 1 amide bonds. The van der Waals surface area contributed by atoms with Crippen LogP contribution in [0.1, 0.15) is 35.9 Å². The minimum Gasteiger partial charge on any atom is -0.346 e. The number of amides is 1. The van der Waals surface area contributed by atoms with Gasteiger partial charge in [0, 0.05) is 18.8 Å². The maximum absolute atomic E-state index is 12.2. The molecule has 118 valence electrons. The van der Waals surface area contributed by atoms with Gasteiger partial charge >= 0.3 is 0 Å². The monoisotopic (exact) mass is 310 g/mol. The van der Waals surface area contributed by atoms with Gasteiger partial charge in [-0.05, 0) is 31.5 Å². The standard InChI is InChI=1S/C16H18N6O/c1-12(2)21-8-7-14(20-21)16(23)18-9-13-5-3-4-6-15(13)22-11-17-10-19-22/h3-8,10-12H,9H2,1-2H3,(H,18,23). The van der Waals surface area contributed by atoms with Crippen LogP contribution in [0.2, 0.25) is 0 Å². The van der Waals surface area contributed by atoms with E-state index in [4.69, 9.17) is 0 Å². The SMILES string of the molecule is CC(C)n1ccc(C(=O)NCc2ccccc2-n2cncn2)n1. The summed E-state index contributed by atoms with van der Waals surface area (Å²) in [6.07, 6.45) is 4.92. The highest BCUT2D eigenvalue weighted by atomic mass is 16.1. The third-order valence-corrected chi connectivity index (χ3v) is 3.47. The maximum Gasteiger partial charge on any atom is 0.272 e. The van der Waals surface area contributed by atoms with Gasteiger partial charge in [-0.2, -0.15) is 10.2 Å². The van der Waals surface area contributed by atoms with Gasteiger partial charge in [0.25, 0.3) is 5.91 Å². The fourth-order valence-electron chi connectivity index (χ4n) is 2.23. The molecule has 0 bridgehead atoms. The zero-order valence-electron chi connectivity index (χ0n) is 13.0. The molecule has 3 aromatic rings. The first-order chi connectivity index (χ1) is 11.1. The number of carbonyl (C=O) groups excluding carboxylic acids is 1. The summed E-state index contributed by atoms with van der Waals surface area (Å²) < 4.78 is 3.44. The van der Waals surface area contributed by atoms with E-state index in [9.17, 15) is 4.79 Å². The number of nitrogens with zero attached hydrogens (tertiary/aromatic N) is 5. The molecule has 2 aromatic heterocycles. The van der Waals surface area contributed by atoms with Crippen LogP contribution in [-0.4, -0.2) is 30.5 Å². The van der Waals surface area contributed by atoms with E-state index in [0.29, 0.717) is 12.2 Å². The number of carbonyl (C=O) groups is 1. The molecule has 2 heterocycles. The number of nitrogens with one attached hydrogen (secondary N) is 1. The maximum atomic E-state index is 12.2.